The van der Waals surface area contributed by atoms with E-state index in [9.17, 15) is 4.79 Å². The highest BCUT2D eigenvalue weighted by Gasteiger charge is 2.43. The molecule has 1 N–H and O–H groups in total. The summed E-state index contributed by atoms with van der Waals surface area (Å²) in [6, 6.07) is 0. The molecule has 2 rings (SSSR count). The van der Waals surface area contributed by atoms with Gasteiger partial charge in [0.15, 0.2) is 6.29 Å². The standard InChI is InChI=1S/C7H10O5/c8-7(9)12-5-3-11-6-4(5)1-2-10-6/h4-6H,1-3H2,(H,8,9)/t4-,5+,6?/m1/s1. The Morgan fingerprint density at radius 2 is 2.33 bits per heavy atom. The van der Waals surface area contributed by atoms with E-state index in [1.165, 1.54) is 0 Å². The van der Waals surface area contributed by atoms with E-state index in [1.807, 2.05) is 0 Å². The Labute approximate surface area is 69.2 Å². The van der Waals surface area contributed by atoms with Gasteiger partial charge < -0.3 is 19.3 Å². The van der Waals surface area contributed by atoms with E-state index in [4.69, 9.17) is 14.6 Å². The molecule has 3 atom stereocenters. The van der Waals surface area contributed by atoms with Gasteiger partial charge in [0, 0.05) is 0 Å². The lowest BCUT2D eigenvalue weighted by molar-refractivity contribution is -0.0908. The van der Waals surface area contributed by atoms with Gasteiger partial charge in [0.25, 0.3) is 0 Å². The van der Waals surface area contributed by atoms with Crippen molar-refractivity contribution in [3.63, 3.8) is 0 Å². The minimum Gasteiger partial charge on any atom is -0.450 e. The second-order valence-corrected chi connectivity index (χ2v) is 2.95. The number of ether oxygens (including phenoxy) is 3. The number of hydrogen-bond donors (Lipinski definition) is 1. The quantitative estimate of drug-likeness (QED) is 0.584. The van der Waals surface area contributed by atoms with Gasteiger partial charge in [-0.15, -0.1) is 0 Å². The molecule has 12 heavy (non-hydrogen) atoms. The van der Waals surface area contributed by atoms with Crippen molar-refractivity contribution in [3.8, 4) is 0 Å². The highest BCUT2D eigenvalue weighted by Crippen LogP contribution is 2.32. The van der Waals surface area contributed by atoms with Gasteiger partial charge >= 0.3 is 6.16 Å². The highest BCUT2D eigenvalue weighted by atomic mass is 16.7. The van der Waals surface area contributed by atoms with Crippen LogP contribution in [0.4, 0.5) is 4.79 Å². The maximum absolute atomic E-state index is 10.2. The molecule has 0 aliphatic carbocycles. The van der Waals surface area contributed by atoms with Crippen molar-refractivity contribution in [2.24, 2.45) is 5.92 Å². The Morgan fingerprint density at radius 1 is 1.50 bits per heavy atom. The van der Waals surface area contributed by atoms with Gasteiger partial charge in [0.1, 0.15) is 6.10 Å². The molecule has 0 spiro atoms. The smallest absolute Gasteiger partial charge is 0.450 e. The van der Waals surface area contributed by atoms with Crippen LogP contribution in [0.25, 0.3) is 0 Å². The van der Waals surface area contributed by atoms with E-state index in [1.54, 1.807) is 0 Å². The van der Waals surface area contributed by atoms with Gasteiger partial charge in [-0.3, -0.25) is 0 Å². The third-order valence-corrected chi connectivity index (χ3v) is 2.24. The molecule has 1 unspecified atom stereocenters. The molecule has 0 aromatic carbocycles. The molecule has 2 saturated heterocycles. The summed E-state index contributed by atoms with van der Waals surface area (Å²) in [4.78, 5) is 10.2. The van der Waals surface area contributed by atoms with Crippen LogP contribution in [0, 0.1) is 5.92 Å². The van der Waals surface area contributed by atoms with Crippen LogP contribution in [0.3, 0.4) is 0 Å². The lowest BCUT2D eigenvalue weighted by Crippen LogP contribution is -2.25. The van der Waals surface area contributed by atoms with Crippen LogP contribution in [0.2, 0.25) is 0 Å². The lowest BCUT2D eigenvalue weighted by Gasteiger charge is -2.12. The number of hydrogen-bond acceptors (Lipinski definition) is 4. The second kappa shape index (κ2) is 2.91. The van der Waals surface area contributed by atoms with Gasteiger partial charge in [-0.05, 0) is 6.42 Å². The maximum Gasteiger partial charge on any atom is 0.506 e. The van der Waals surface area contributed by atoms with E-state index in [2.05, 4.69) is 4.74 Å². The van der Waals surface area contributed by atoms with Gasteiger partial charge in [0.2, 0.25) is 0 Å². The fourth-order valence-corrected chi connectivity index (χ4v) is 1.68. The first-order valence-corrected chi connectivity index (χ1v) is 3.90. The molecule has 2 fully saturated rings. The molecule has 0 saturated carbocycles. The summed E-state index contributed by atoms with van der Waals surface area (Å²) < 4.78 is 15.0. The van der Waals surface area contributed by atoms with E-state index in [0.29, 0.717) is 13.2 Å². The zero-order valence-corrected chi connectivity index (χ0v) is 6.43. The number of rotatable bonds is 1. The van der Waals surface area contributed by atoms with Crippen molar-refractivity contribution < 1.29 is 24.1 Å². The SMILES string of the molecule is O=C(O)O[C@H]1COC2OCC[C@@H]21. The van der Waals surface area contributed by atoms with E-state index < -0.39 is 6.16 Å². The van der Waals surface area contributed by atoms with E-state index in [-0.39, 0.29) is 18.3 Å². The van der Waals surface area contributed by atoms with Crippen molar-refractivity contribution in [3.05, 3.63) is 0 Å². The number of carbonyl (C=O) groups is 1. The maximum atomic E-state index is 10.2. The van der Waals surface area contributed by atoms with Crippen LogP contribution in [0.15, 0.2) is 0 Å². The largest absolute Gasteiger partial charge is 0.506 e. The molecule has 0 bridgehead atoms. The Balaban J connectivity index is 1.95. The minimum atomic E-state index is -1.24. The average Bonchev–Trinajstić information content (AvgIpc) is 2.52. The third kappa shape index (κ3) is 1.25. The first-order valence-electron chi connectivity index (χ1n) is 3.90. The first-order chi connectivity index (χ1) is 5.77. The normalized spacial score (nSPS) is 39.5. The minimum absolute atomic E-state index is 0.0982. The zero-order valence-electron chi connectivity index (χ0n) is 6.43. The van der Waals surface area contributed by atoms with Gasteiger partial charge in [-0.25, -0.2) is 4.79 Å². The molecule has 0 aromatic rings. The van der Waals surface area contributed by atoms with Gasteiger partial charge in [-0.2, -0.15) is 0 Å². The van der Waals surface area contributed by atoms with Crippen molar-refractivity contribution >= 4 is 6.16 Å². The molecule has 5 nitrogen and oxygen atoms in total. The van der Waals surface area contributed by atoms with Crippen LogP contribution in [-0.2, 0) is 14.2 Å². The summed E-state index contributed by atoms with van der Waals surface area (Å²) in [5.74, 6) is 0.0982. The van der Waals surface area contributed by atoms with Crippen LogP contribution in [-0.4, -0.2) is 36.9 Å². The number of fused-ring (bicyclic) bond motifs is 1. The Morgan fingerprint density at radius 3 is 3.08 bits per heavy atom. The average molecular weight is 174 g/mol. The van der Waals surface area contributed by atoms with Crippen LogP contribution < -0.4 is 0 Å². The molecule has 5 heteroatoms. The van der Waals surface area contributed by atoms with Gasteiger partial charge in [0.05, 0.1) is 19.1 Å². The molecular weight excluding hydrogens is 164 g/mol. The molecule has 0 aromatic heterocycles. The Kier molecular flexibility index (Phi) is 1.90. The third-order valence-electron chi connectivity index (χ3n) is 2.24. The Bertz CT molecular complexity index is 192. The van der Waals surface area contributed by atoms with Crippen LogP contribution >= 0.6 is 0 Å². The summed E-state index contributed by atoms with van der Waals surface area (Å²) in [5, 5.41) is 8.38. The fraction of sp³-hybridized carbons (Fsp3) is 0.857. The van der Waals surface area contributed by atoms with Crippen molar-refractivity contribution in [2.45, 2.75) is 18.8 Å². The predicted molar refractivity (Wildman–Crippen MR) is 36.7 cm³/mol. The van der Waals surface area contributed by atoms with Gasteiger partial charge in [-0.1, -0.05) is 0 Å². The van der Waals surface area contributed by atoms with Crippen LogP contribution in [0.5, 0.6) is 0 Å². The monoisotopic (exact) mass is 174 g/mol. The molecule has 0 amide bonds. The summed E-state index contributed by atoms with van der Waals surface area (Å²) in [5.41, 5.74) is 0. The predicted octanol–water partition coefficient (Wildman–Crippen LogP) is 0.442. The molecular formula is C7H10O5. The second-order valence-electron chi connectivity index (χ2n) is 2.95. The van der Waals surface area contributed by atoms with E-state index in [0.717, 1.165) is 6.42 Å². The summed E-state index contributed by atoms with van der Waals surface area (Å²) in [6.45, 7) is 0.955. The topological polar surface area (TPSA) is 65.0 Å². The summed E-state index contributed by atoms with van der Waals surface area (Å²) in [7, 11) is 0. The Hall–Kier alpha value is -0.810. The highest BCUT2D eigenvalue weighted by molar-refractivity contribution is 5.57. The summed E-state index contributed by atoms with van der Waals surface area (Å²) >= 11 is 0. The van der Waals surface area contributed by atoms with Crippen molar-refractivity contribution in [1.82, 2.24) is 0 Å². The molecule has 2 aliphatic heterocycles. The molecule has 2 aliphatic rings. The fourth-order valence-electron chi connectivity index (χ4n) is 1.68. The first kappa shape index (κ1) is 7.82. The molecule has 0 radical (unpaired) electrons. The zero-order chi connectivity index (χ0) is 8.55. The van der Waals surface area contributed by atoms with E-state index >= 15 is 0 Å². The summed E-state index contributed by atoms with van der Waals surface area (Å²) in [6.07, 6.45) is -0.997. The van der Waals surface area contributed by atoms with Crippen LogP contribution in [0.1, 0.15) is 6.42 Å². The lowest BCUT2D eigenvalue weighted by atomic mass is 10.0. The molecule has 2 heterocycles. The molecule has 68 valence electrons. The van der Waals surface area contributed by atoms with Crippen molar-refractivity contribution in [1.29, 1.82) is 0 Å². The van der Waals surface area contributed by atoms with Crippen molar-refractivity contribution in [2.75, 3.05) is 13.2 Å². The number of carboxylic acid groups (broad SMARTS) is 1.